The number of aromatic carboxylic acids is 1. The van der Waals surface area contributed by atoms with Gasteiger partial charge in [0.05, 0.1) is 26.3 Å². The van der Waals surface area contributed by atoms with Gasteiger partial charge in [0.2, 0.25) is 0 Å². The Labute approximate surface area is 204 Å². The van der Waals surface area contributed by atoms with Crippen molar-refractivity contribution in [3.8, 4) is 11.5 Å². The highest BCUT2D eigenvalue weighted by molar-refractivity contribution is 14.1. The van der Waals surface area contributed by atoms with Crippen molar-refractivity contribution in [1.29, 1.82) is 0 Å². The number of thioether (sulfide) groups is 1. The molecule has 0 bridgehead atoms. The van der Waals surface area contributed by atoms with Gasteiger partial charge in [-0.15, -0.1) is 0 Å². The second kappa shape index (κ2) is 10.7. The van der Waals surface area contributed by atoms with Crippen LogP contribution in [0.4, 0.5) is 5.69 Å². The van der Waals surface area contributed by atoms with Crippen LogP contribution in [0.1, 0.15) is 22.8 Å². The third-order valence-electron chi connectivity index (χ3n) is 4.32. The summed E-state index contributed by atoms with van der Waals surface area (Å²) in [7, 11) is 1.65. The lowest BCUT2D eigenvalue weighted by Gasteiger charge is -2.13. The molecule has 7 nitrogen and oxygen atoms in total. The van der Waals surface area contributed by atoms with Gasteiger partial charge in [-0.25, -0.2) is 9.79 Å². The molecule has 0 aromatic heterocycles. The van der Waals surface area contributed by atoms with Crippen molar-refractivity contribution in [2.75, 3.05) is 20.3 Å². The number of hydrogen-bond donors (Lipinski definition) is 1. The van der Waals surface area contributed by atoms with E-state index >= 15 is 0 Å². The zero-order valence-electron chi connectivity index (χ0n) is 17.5. The van der Waals surface area contributed by atoms with Crippen LogP contribution in [-0.4, -0.2) is 47.3 Å². The number of carboxylic acids is 1. The van der Waals surface area contributed by atoms with Gasteiger partial charge in [0.25, 0.3) is 5.91 Å². The van der Waals surface area contributed by atoms with Gasteiger partial charge in [0.15, 0.2) is 16.7 Å². The van der Waals surface area contributed by atoms with Crippen LogP contribution in [0, 0.1) is 3.57 Å². The highest BCUT2D eigenvalue weighted by Crippen LogP contribution is 2.37. The summed E-state index contributed by atoms with van der Waals surface area (Å²) >= 11 is 3.43. The van der Waals surface area contributed by atoms with Crippen LogP contribution in [0.5, 0.6) is 11.5 Å². The zero-order chi connectivity index (χ0) is 23.3. The van der Waals surface area contributed by atoms with E-state index in [0.29, 0.717) is 40.5 Å². The van der Waals surface area contributed by atoms with E-state index in [4.69, 9.17) is 14.6 Å². The van der Waals surface area contributed by atoms with Crippen molar-refractivity contribution in [3.05, 3.63) is 68.7 Å². The van der Waals surface area contributed by atoms with E-state index < -0.39 is 5.97 Å². The standard InChI is InChI=1S/C23H21IN2O5S/c1-4-10-31-20-17(24)11-14(12-18(20)30-5-2)13-19-21(27)26(3)23(32-19)25-16-8-6-15(7-9-16)22(28)29/h4,6-9,11-13H,1,5,10H2,2-3H3,(H,28,29). The molecule has 1 amide bonds. The number of amides is 1. The molecule has 2 aromatic rings. The fraction of sp³-hybridized carbons (Fsp3) is 0.174. The average molecular weight is 564 g/mol. The molecule has 0 radical (unpaired) electrons. The zero-order valence-corrected chi connectivity index (χ0v) is 20.5. The molecule has 0 aliphatic carbocycles. The number of benzene rings is 2. The first kappa shape index (κ1) is 23.9. The van der Waals surface area contributed by atoms with E-state index in [-0.39, 0.29) is 11.5 Å². The maximum Gasteiger partial charge on any atom is 0.335 e. The first-order chi connectivity index (χ1) is 15.3. The Bertz CT molecular complexity index is 1110. The normalized spacial score (nSPS) is 16.0. The molecule has 1 heterocycles. The second-order valence-electron chi connectivity index (χ2n) is 6.58. The molecule has 1 aliphatic rings. The number of rotatable bonds is 8. The van der Waals surface area contributed by atoms with Gasteiger partial charge in [-0.1, -0.05) is 12.7 Å². The molecule has 0 saturated carbocycles. The maximum absolute atomic E-state index is 12.8. The summed E-state index contributed by atoms with van der Waals surface area (Å²) in [5.74, 6) is 0.0724. The van der Waals surface area contributed by atoms with E-state index in [0.717, 1.165) is 9.13 Å². The van der Waals surface area contributed by atoms with Crippen LogP contribution in [0.25, 0.3) is 6.08 Å². The second-order valence-corrected chi connectivity index (χ2v) is 8.76. The number of halogens is 1. The summed E-state index contributed by atoms with van der Waals surface area (Å²) in [5, 5.41) is 9.53. The summed E-state index contributed by atoms with van der Waals surface area (Å²) in [6.45, 7) is 6.41. The first-order valence-corrected chi connectivity index (χ1v) is 11.5. The molecule has 1 saturated heterocycles. The molecule has 32 heavy (non-hydrogen) atoms. The number of carbonyl (C=O) groups is 2. The summed E-state index contributed by atoms with van der Waals surface area (Å²) < 4.78 is 12.3. The first-order valence-electron chi connectivity index (χ1n) is 9.63. The Morgan fingerprint density at radius 3 is 2.62 bits per heavy atom. The minimum Gasteiger partial charge on any atom is -0.490 e. The molecular formula is C23H21IN2O5S. The van der Waals surface area contributed by atoms with Gasteiger partial charge < -0.3 is 14.6 Å². The Hall–Kier alpha value is -2.79. The van der Waals surface area contributed by atoms with Crippen LogP contribution >= 0.6 is 34.4 Å². The molecule has 3 rings (SSSR count). The summed E-state index contributed by atoms with van der Waals surface area (Å²) in [5.41, 5.74) is 1.55. The molecular weight excluding hydrogens is 543 g/mol. The van der Waals surface area contributed by atoms with Gasteiger partial charge in [-0.3, -0.25) is 9.69 Å². The minimum atomic E-state index is -1.00. The van der Waals surface area contributed by atoms with E-state index in [1.807, 2.05) is 19.1 Å². The number of nitrogens with zero attached hydrogens (tertiary/aromatic N) is 2. The number of aliphatic imine (C=N–C) groups is 1. The highest BCUT2D eigenvalue weighted by atomic mass is 127. The van der Waals surface area contributed by atoms with Crippen LogP contribution in [0.3, 0.4) is 0 Å². The maximum atomic E-state index is 12.8. The molecule has 1 N–H and O–H groups in total. The number of amidine groups is 1. The molecule has 166 valence electrons. The van der Waals surface area contributed by atoms with Gasteiger partial charge in [0, 0.05) is 7.05 Å². The third kappa shape index (κ3) is 5.52. The van der Waals surface area contributed by atoms with Crippen molar-refractivity contribution in [2.24, 2.45) is 4.99 Å². The summed E-state index contributed by atoms with van der Waals surface area (Å²) in [6.07, 6.45) is 3.46. The lowest BCUT2D eigenvalue weighted by atomic mass is 10.2. The molecule has 0 unspecified atom stereocenters. The van der Waals surface area contributed by atoms with Gasteiger partial charge >= 0.3 is 5.97 Å². The van der Waals surface area contributed by atoms with Gasteiger partial charge in [-0.2, -0.15) is 0 Å². The topological polar surface area (TPSA) is 88.4 Å². The lowest BCUT2D eigenvalue weighted by molar-refractivity contribution is -0.121. The Morgan fingerprint density at radius 1 is 1.28 bits per heavy atom. The smallest absolute Gasteiger partial charge is 0.335 e. The molecule has 0 spiro atoms. The summed E-state index contributed by atoms with van der Waals surface area (Å²) in [4.78, 5) is 30.3. The van der Waals surface area contributed by atoms with E-state index in [1.54, 1.807) is 31.3 Å². The lowest BCUT2D eigenvalue weighted by Crippen LogP contribution is -2.23. The van der Waals surface area contributed by atoms with Crippen LogP contribution in [0.15, 0.2) is 59.0 Å². The largest absolute Gasteiger partial charge is 0.490 e. The van der Waals surface area contributed by atoms with Gasteiger partial charge in [0.1, 0.15) is 6.61 Å². The number of carboxylic acid groups (broad SMARTS) is 1. The van der Waals surface area contributed by atoms with E-state index in [1.165, 1.54) is 28.8 Å². The number of ether oxygens (including phenoxy) is 2. The SMILES string of the molecule is C=CCOc1c(I)cc(C=C2SC(=Nc3ccc(C(=O)O)cc3)N(C)C2=O)cc1OCC. The third-order valence-corrected chi connectivity index (χ3v) is 6.18. The fourth-order valence-corrected chi connectivity index (χ4v) is 4.58. The van der Waals surface area contributed by atoms with E-state index in [9.17, 15) is 9.59 Å². The van der Waals surface area contributed by atoms with Crippen LogP contribution < -0.4 is 9.47 Å². The van der Waals surface area contributed by atoms with Crippen LogP contribution in [0.2, 0.25) is 0 Å². The number of likely N-dealkylation sites (N-methyl/N-ethyl adjacent to an activating group) is 1. The number of carbonyl (C=O) groups excluding carboxylic acids is 1. The predicted octanol–water partition coefficient (Wildman–Crippen LogP) is 5.19. The van der Waals surface area contributed by atoms with E-state index in [2.05, 4.69) is 34.2 Å². The molecule has 1 fully saturated rings. The quantitative estimate of drug-likeness (QED) is 0.270. The molecule has 2 aromatic carbocycles. The highest BCUT2D eigenvalue weighted by Gasteiger charge is 2.30. The fourth-order valence-electron chi connectivity index (χ4n) is 2.81. The minimum absolute atomic E-state index is 0.171. The van der Waals surface area contributed by atoms with Crippen molar-refractivity contribution in [3.63, 3.8) is 0 Å². The Balaban J connectivity index is 1.89. The van der Waals surface area contributed by atoms with Crippen LogP contribution in [-0.2, 0) is 4.79 Å². The number of hydrogen-bond acceptors (Lipinski definition) is 6. The Kier molecular flexibility index (Phi) is 7.97. The van der Waals surface area contributed by atoms with Crippen molar-refractivity contribution in [2.45, 2.75) is 6.92 Å². The van der Waals surface area contributed by atoms with Gasteiger partial charge in [-0.05, 0) is 89.3 Å². The summed E-state index contributed by atoms with van der Waals surface area (Å²) in [6, 6.07) is 9.93. The Morgan fingerprint density at radius 2 is 2.00 bits per heavy atom. The molecule has 0 atom stereocenters. The van der Waals surface area contributed by atoms with Crippen molar-refractivity contribution in [1.82, 2.24) is 4.90 Å². The average Bonchev–Trinajstić information content (AvgIpc) is 3.01. The molecule has 9 heteroatoms. The monoisotopic (exact) mass is 564 g/mol. The van der Waals surface area contributed by atoms with Crippen molar-refractivity contribution < 1.29 is 24.2 Å². The van der Waals surface area contributed by atoms with Crippen molar-refractivity contribution >= 4 is 63.2 Å². The molecule has 1 aliphatic heterocycles. The predicted molar refractivity (Wildman–Crippen MR) is 135 cm³/mol.